The molecule has 0 spiro atoms. The molecule has 1 amide bonds. The van der Waals surface area contributed by atoms with Crippen molar-refractivity contribution in [3.8, 4) is 22.6 Å². The van der Waals surface area contributed by atoms with E-state index in [2.05, 4.69) is 16.5 Å². The normalized spacial score (nSPS) is 12.5. The third-order valence-electron chi connectivity index (χ3n) is 7.66. The first-order valence-electron chi connectivity index (χ1n) is 14.4. The lowest BCUT2D eigenvalue weighted by molar-refractivity contribution is 0.0697. The van der Waals surface area contributed by atoms with Gasteiger partial charge in [-0.1, -0.05) is 55.8 Å². The highest BCUT2D eigenvalue weighted by molar-refractivity contribution is 6.13. The predicted molar refractivity (Wildman–Crippen MR) is 175 cm³/mol. The predicted octanol–water partition coefficient (Wildman–Crippen LogP) is 4.67. The number of unbranched alkanes of at least 4 members (excludes halogenated alkanes) is 1. The lowest BCUT2D eigenvalue weighted by atomic mass is 9.98. The molecule has 0 bridgehead atoms. The van der Waals surface area contributed by atoms with Gasteiger partial charge < -0.3 is 30.1 Å². The number of methoxy groups -OCH3 is 2. The van der Waals surface area contributed by atoms with Crippen LogP contribution in [-0.4, -0.2) is 63.7 Å². The number of aryl methyl sites for hydroxylation is 1. The van der Waals surface area contributed by atoms with E-state index in [0.29, 0.717) is 36.3 Å². The Bertz CT molecular complexity index is 1790. The first-order chi connectivity index (χ1) is 21.4. The third-order valence-corrected chi connectivity index (χ3v) is 7.66. The highest BCUT2D eigenvalue weighted by atomic mass is 16.5. The van der Waals surface area contributed by atoms with E-state index in [4.69, 9.17) is 14.5 Å². The summed E-state index contributed by atoms with van der Waals surface area (Å²) in [6.07, 6.45) is 7.44. The maximum atomic E-state index is 13.3. The third kappa shape index (κ3) is 7.12. The van der Waals surface area contributed by atoms with Gasteiger partial charge in [-0.2, -0.15) is 0 Å². The molecule has 0 fully saturated rings. The van der Waals surface area contributed by atoms with E-state index in [1.807, 2.05) is 42.5 Å². The molecular weight excluding hydrogens is 590 g/mol. The van der Waals surface area contributed by atoms with Gasteiger partial charge in [0.15, 0.2) is 17.8 Å². The summed E-state index contributed by atoms with van der Waals surface area (Å²) in [4.78, 5) is 46.2. The summed E-state index contributed by atoms with van der Waals surface area (Å²) in [6, 6.07) is 17.9. The van der Waals surface area contributed by atoms with E-state index < -0.39 is 11.9 Å². The fourth-order valence-corrected chi connectivity index (χ4v) is 5.41. The number of ether oxygens (including phenoxy) is 2. The Morgan fingerprint density at radius 3 is 2.37 bits per heavy atom. The molecule has 0 radical (unpaired) electrons. The number of carbonyl (C=O) groups is 3. The van der Waals surface area contributed by atoms with Crippen molar-refractivity contribution in [3.63, 3.8) is 0 Å². The Kier molecular flexibility index (Phi) is 11.9. The molecule has 5 N–H and O–H groups in total. The summed E-state index contributed by atoms with van der Waals surface area (Å²) in [5.74, 6) is -0.0225. The molecule has 11 heteroatoms. The zero-order valence-corrected chi connectivity index (χ0v) is 25.9. The Balaban J connectivity index is 0.00000288. The molecule has 3 aromatic carbocycles. The maximum Gasteiger partial charge on any atom is 0.336 e. The van der Waals surface area contributed by atoms with Crippen LogP contribution in [0.2, 0.25) is 0 Å². The van der Waals surface area contributed by atoms with E-state index in [9.17, 15) is 19.5 Å². The molecule has 11 nitrogen and oxygen atoms in total. The lowest BCUT2D eigenvalue weighted by Crippen LogP contribution is -2.15. The fraction of sp³-hybridized carbons (Fsp3) is 0.229. The SMILES string of the molecule is CCCCc1nc2c(n1Cc1ccc(-c3ccccc3C(=O)O)cc1)CC(=NC(=O)c1ccc(OC)c(OC)c1C=O)C=C2.O.O. The van der Waals surface area contributed by atoms with E-state index in [0.717, 1.165) is 47.6 Å². The van der Waals surface area contributed by atoms with Gasteiger partial charge >= 0.3 is 5.97 Å². The number of imidazole rings is 1. The number of carbonyl (C=O) groups excluding carboxylic acids is 2. The van der Waals surface area contributed by atoms with Crippen LogP contribution in [0.15, 0.2) is 71.7 Å². The van der Waals surface area contributed by atoms with E-state index in [1.54, 1.807) is 24.3 Å². The molecule has 0 atom stereocenters. The highest BCUT2D eigenvalue weighted by Crippen LogP contribution is 2.33. The molecule has 0 aliphatic heterocycles. The van der Waals surface area contributed by atoms with Gasteiger partial charge in [0.2, 0.25) is 0 Å². The number of aromatic nitrogens is 2. The van der Waals surface area contributed by atoms with Crippen LogP contribution in [0, 0.1) is 0 Å². The average molecular weight is 628 g/mol. The maximum absolute atomic E-state index is 13.3. The topological polar surface area (TPSA) is 183 Å². The summed E-state index contributed by atoms with van der Waals surface area (Å²) < 4.78 is 12.8. The molecular formula is C35H37N3O8. The van der Waals surface area contributed by atoms with Crippen molar-refractivity contribution in [3.05, 3.63) is 106 Å². The summed E-state index contributed by atoms with van der Waals surface area (Å²) in [7, 11) is 2.87. The van der Waals surface area contributed by atoms with Gasteiger partial charge in [0.05, 0.1) is 48.0 Å². The van der Waals surface area contributed by atoms with Crippen LogP contribution in [0.1, 0.15) is 73.6 Å². The molecule has 46 heavy (non-hydrogen) atoms. The molecule has 0 saturated heterocycles. The largest absolute Gasteiger partial charge is 0.493 e. The van der Waals surface area contributed by atoms with Crippen molar-refractivity contribution in [1.82, 2.24) is 9.55 Å². The summed E-state index contributed by atoms with van der Waals surface area (Å²) in [5.41, 5.74) is 5.34. The molecule has 0 unspecified atom stereocenters. The Morgan fingerprint density at radius 2 is 1.72 bits per heavy atom. The standard InChI is InChI=1S/C35H33N3O6.2H2O/c1-4-5-10-32-37-29-17-15-24(36-34(40)26-16-18-31(43-2)33(44-3)28(26)21-39)19-30(29)38(32)20-22-11-13-23(14-12-22)25-8-6-7-9-27(25)35(41)42;;/h6-9,11-18,21H,4-5,10,19-20H2,1-3H3,(H,41,42);2*1H2. The van der Waals surface area contributed by atoms with Gasteiger partial charge in [0.1, 0.15) is 5.82 Å². The van der Waals surface area contributed by atoms with Crippen molar-refractivity contribution in [2.45, 2.75) is 39.2 Å². The second-order valence-electron chi connectivity index (χ2n) is 10.4. The van der Waals surface area contributed by atoms with Crippen LogP contribution < -0.4 is 9.47 Å². The smallest absolute Gasteiger partial charge is 0.336 e. The van der Waals surface area contributed by atoms with Crippen LogP contribution >= 0.6 is 0 Å². The van der Waals surface area contributed by atoms with Crippen LogP contribution in [0.3, 0.4) is 0 Å². The number of carboxylic acids is 1. The van der Waals surface area contributed by atoms with Gasteiger partial charge in [-0.25, -0.2) is 14.8 Å². The molecule has 0 saturated carbocycles. The van der Waals surface area contributed by atoms with E-state index in [-0.39, 0.29) is 33.4 Å². The minimum Gasteiger partial charge on any atom is -0.493 e. The number of allylic oxidation sites excluding steroid dienone is 1. The second kappa shape index (κ2) is 15.6. The van der Waals surface area contributed by atoms with Gasteiger partial charge in [0, 0.05) is 19.4 Å². The first-order valence-corrected chi connectivity index (χ1v) is 14.4. The second-order valence-corrected chi connectivity index (χ2v) is 10.4. The van der Waals surface area contributed by atoms with Crippen molar-refractivity contribution in [2.75, 3.05) is 14.2 Å². The summed E-state index contributed by atoms with van der Waals surface area (Å²) in [5, 5.41) is 9.61. The molecule has 1 heterocycles. The van der Waals surface area contributed by atoms with Crippen molar-refractivity contribution in [2.24, 2.45) is 4.99 Å². The van der Waals surface area contributed by atoms with Crippen molar-refractivity contribution < 1.29 is 39.9 Å². The number of aldehydes is 1. The molecule has 240 valence electrons. The van der Waals surface area contributed by atoms with Crippen LogP contribution in [0.5, 0.6) is 11.5 Å². The van der Waals surface area contributed by atoms with Gasteiger partial charge in [-0.05, 0) is 53.5 Å². The number of carboxylic acid groups (broad SMARTS) is 1. The molecule has 5 rings (SSSR count). The van der Waals surface area contributed by atoms with Gasteiger partial charge in [-0.3, -0.25) is 9.59 Å². The number of fused-ring (bicyclic) bond motifs is 1. The van der Waals surface area contributed by atoms with Crippen LogP contribution in [-0.2, 0) is 19.4 Å². The van der Waals surface area contributed by atoms with Crippen molar-refractivity contribution >= 4 is 30.0 Å². The van der Waals surface area contributed by atoms with Crippen LogP contribution in [0.4, 0.5) is 0 Å². The number of aromatic carboxylic acids is 1. The van der Waals surface area contributed by atoms with E-state index in [1.165, 1.54) is 20.3 Å². The highest BCUT2D eigenvalue weighted by Gasteiger charge is 2.23. The number of amides is 1. The number of nitrogens with zero attached hydrogens (tertiary/aromatic N) is 3. The zero-order valence-electron chi connectivity index (χ0n) is 25.9. The first kappa shape index (κ1) is 35.1. The summed E-state index contributed by atoms with van der Waals surface area (Å²) in [6.45, 7) is 2.70. The number of rotatable bonds is 11. The zero-order chi connectivity index (χ0) is 31.2. The summed E-state index contributed by atoms with van der Waals surface area (Å²) >= 11 is 0. The fourth-order valence-electron chi connectivity index (χ4n) is 5.41. The van der Waals surface area contributed by atoms with Gasteiger partial charge in [-0.15, -0.1) is 0 Å². The average Bonchev–Trinajstić information content (AvgIpc) is 3.39. The minimum absolute atomic E-state index is 0. The van der Waals surface area contributed by atoms with E-state index >= 15 is 0 Å². The van der Waals surface area contributed by atoms with Gasteiger partial charge in [0.25, 0.3) is 5.91 Å². The Hall–Kier alpha value is -5.39. The molecule has 4 aromatic rings. The monoisotopic (exact) mass is 627 g/mol. The van der Waals surface area contributed by atoms with Crippen molar-refractivity contribution in [1.29, 1.82) is 0 Å². The Labute approximate surface area is 266 Å². The quantitative estimate of drug-likeness (QED) is 0.234. The molecule has 1 aliphatic rings. The number of aliphatic imine (C=N–C) groups is 1. The lowest BCUT2D eigenvalue weighted by Gasteiger charge is -2.15. The molecule has 1 aliphatic carbocycles. The molecule has 1 aromatic heterocycles. The Morgan fingerprint density at radius 1 is 0.978 bits per heavy atom. The van der Waals surface area contributed by atoms with Crippen LogP contribution in [0.25, 0.3) is 17.2 Å². The number of hydrogen-bond acceptors (Lipinski definition) is 6. The number of hydrogen-bond donors (Lipinski definition) is 1. The minimum atomic E-state index is -0.965. The number of benzene rings is 3.